The molecule has 0 radical (unpaired) electrons. The molecule has 1 fully saturated rings. The maximum absolute atomic E-state index is 13.5. The standard InChI is InChI=1S/C12H13F2NO2/c1-12(2)5-15(6-12)10-3-7(11(16)17)8(13)4-9(10)14/h3-4H,5-6H2,1-2H3,(H,16,17). The Morgan fingerprint density at radius 1 is 1.29 bits per heavy atom. The van der Waals surface area contributed by atoms with Gasteiger partial charge in [0.15, 0.2) is 0 Å². The Kier molecular flexibility index (Phi) is 2.56. The summed E-state index contributed by atoms with van der Waals surface area (Å²) in [6.07, 6.45) is 0. The molecule has 0 aromatic heterocycles. The smallest absolute Gasteiger partial charge is 0.338 e. The summed E-state index contributed by atoms with van der Waals surface area (Å²) in [5.41, 5.74) is -0.251. The molecule has 5 heteroatoms. The van der Waals surface area contributed by atoms with Crippen LogP contribution in [-0.2, 0) is 0 Å². The lowest BCUT2D eigenvalue weighted by Crippen LogP contribution is -2.53. The van der Waals surface area contributed by atoms with Gasteiger partial charge in [-0.25, -0.2) is 13.6 Å². The number of aromatic carboxylic acids is 1. The number of carbonyl (C=O) groups is 1. The van der Waals surface area contributed by atoms with Crippen LogP contribution in [-0.4, -0.2) is 24.2 Å². The minimum atomic E-state index is -1.39. The third-order valence-corrected chi connectivity index (χ3v) is 2.85. The Bertz CT molecular complexity index is 478. The minimum Gasteiger partial charge on any atom is -0.478 e. The second kappa shape index (κ2) is 3.68. The largest absolute Gasteiger partial charge is 0.478 e. The fourth-order valence-corrected chi connectivity index (χ4v) is 2.10. The molecule has 1 aromatic rings. The highest BCUT2D eigenvalue weighted by molar-refractivity contribution is 5.89. The zero-order valence-electron chi connectivity index (χ0n) is 9.63. The first kappa shape index (κ1) is 11.8. The molecule has 17 heavy (non-hydrogen) atoms. The molecule has 0 saturated carbocycles. The molecule has 3 nitrogen and oxygen atoms in total. The van der Waals surface area contributed by atoms with E-state index >= 15 is 0 Å². The molecule has 0 bridgehead atoms. The second-order valence-electron chi connectivity index (χ2n) is 5.11. The van der Waals surface area contributed by atoms with Crippen molar-refractivity contribution in [3.05, 3.63) is 29.3 Å². The Morgan fingerprint density at radius 2 is 1.88 bits per heavy atom. The molecule has 0 spiro atoms. The molecule has 1 N–H and O–H groups in total. The predicted molar refractivity (Wildman–Crippen MR) is 59.3 cm³/mol. The molecular formula is C12H13F2NO2. The zero-order chi connectivity index (χ0) is 12.8. The van der Waals surface area contributed by atoms with E-state index in [-0.39, 0.29) is 11.1 Å². The summed E-state index contributed by atoms with van der Waals surface area (Å²) in [4.78, 5) is 12.5. The van der Waals surface area contributed by atoms with Gasteiger partial charge in [-0.15, -0.1) is 0 Å². The number of hydrogen-bond acceptors (Lipinski definition) is 2. The lowest BCUT2D eigenvalue weighted by atomic mass is 9.84. The summed E-state index contributed by atoms with van der Waals surface area (Å²) in [7, 11) is 0. The van der Waals surface area contributed by atoms with Gasteiger partial charge < -0.3 is 10.0 Å². The van der Waals surface area contributed by atoms with Gasteiger partial charge in [0.25, 0.3) is 0 Å². The van der Waals surface area contributed by atoms with E-state index in [2.05, 4.69) is 0 Å². The number of carboxylic acid groups (broad SMARTS) is 1. The van der Waals surface area contributed by atoms with E-state index in [9.17, 15) is 13.6 Å². The first-order valence-corrected chi connectivity index (χ1v) is 5.27. The molecule has 0 unspecified atom stereocenters. The average Bonchev–Trinajstić information content (AvgIpc) is 2.13. The Balaban J connectivity index is 2.35. The van der Waals surface area contributed by atoms with Crippen molar-refractivity contribution in [1.82, 2.24) is 0 Å². The van der Waals surface area contributed by atoms with Gasteiger partial charge in [0.1, 0.15) is 11.6 Å². The van der Waals surface area contributed by atoms with Gasteiger partial charge in [0.2, 0.25) is 0 Å². The normalized spacial score (nSPS) is 17.8. The van der Waals surface area contributed by atoms with E-state index in [1.165, 1.54) is 0 Å². The molecular weight excluding hydrogens is 228 g/mol. The first-order valence-electron chi connectivity index (χ1n) is 5.27. The number of nitrogens with zero attached hydrogens (tertiary/aromatic N) is 1. The Hall–Kier alpha value is -1.65. The van der Waals surface area contributed by atoms with Gasteiger partial charge in [0, 0.05) is 19.2 Å². The molecule has 1 heterocycles. The van der Waals surface area contributed by atoms with Crippen LogP contribution in [0.15, 0.2) is 12.1 Å². The predicted octanol–water partition coefficient (Wildman–Crippen LogP) is 2.51. The van der Waals surface area contributed by atoms with Crippen LogP contribution in [0.25, 0.3) is 0 Å². The fourth-order valence-electron chi connectivity index (χ4n) is 2.10. The van der Waals surface area contributed by atoms with Crippen LogP contribution in [0, 0.1) is 17.0 Å². The van der Waals surface area contributed by atoms with Gasteiger partial charge in [0.05, 0.1) is 11.3 Å². The topological polar surface area (TPSA) is 40.5 Å². The van der Waals surface area contributed by atoms with Crippen molar-refractivity contribution in [2.75, 3.05) is 18.0 Å². The van der Waals surface area contributed by atoms with Crippen LogP contribution < -0.4 is 4.90 Å². The van der Waals surface area contributed by atoms with Crippen LogP contribution in [0.2, 0.25) is 0 Å². The van der Waals surface area contributed by atoms with Gasteiger partial charge in [-0.3, -0.25) is 0 Å². The van der Waals surface area contributed by atoms with Crippen molar-refractivity contribution >= 4 is 11.7 Å². The Morgan fingerprint density at radius 3 is 2.35 bits per heavy atom. The number of anilines is 1. The van der Waals surface area contributed by atoms with E-state index in [4.69, 9.17) is 5.11 Å². The van der Waals surface area contributed by atoms with Crippen molar-refractivity contribution in [2.45, 2.75) is 13.8 Å². The third-order valence-electron chi connectivity index (χ3n) is 2.85. The molecule has 92 valence electrons. The molecule has 0 atom stereocenters. The molecule has 1 aliphatic heterocycles. The molecule has 0 aliphatic carbocycles. The van der Waals surface area contributed by atoms with Crippen LogP contribution in [0.5, 0.6) is 0 Å². The summed E-state index contributed by atoms with van der Waals surface area (Å²) in [5, 5.41) is 8.78. The van der Waals surface area contributed by atoms with Crippen LogP contribution in [0.1, 0.15) is 24.2 Å². The van der Waals surface area contributed by atoms with E-state index in [0.29, 0.717) is 19.2 Å². The van der Waals surface area contributed by atoms with Gasteiger partial charge >= 0.3 is 5.97 Å². The molecule has 1 saturated heterocycles. The monoisotopic (exact) mass is 241 g/mol. The van der Waals surface area contributed by atoms with Crippen molar-refractivity contribution in [2.24, 2.45) is 5.41 Å². The van der Waals surface area contributed by atoms with E-state index in [1.54, 1.807) is 4.90 Å². The van der Waals surface area contributed by atoms with Gasteiger partial charge in [-0.1, -0.05) is 13.8 Å². The highest BCUT2D eigenvalue weighted by Crippen LogP contribution is 2.35. The van der Waals surface area contributed by atoms with E-state index in [0.717, 1.165) is 6.07 Å². The summed E-state index contributed by atoms with van der Waals surface area (Å²) >= 11 is 0. The van der Waals surface area contributed by atoms with Gasteiger partial charge in [-0.05, 0) is 11.5 Å². The van der Waals surface area contributed by atoms with Crippen molar-refractivity contribution in [1.29, 1.82) is 0 Å². The third kappa shape index (κ3) is 2.09. The lowest BCUT2D eigenvalue weighted by Gasteiger charge is -2.47. The number of carboxylic acids is 1. The molecule has 1 aromatic carbocycles. The molecule has 2 rings (SSSR count). The first-order chi connectivity index (χ1) is 7.80. The van der Waals surface area contributed by atoms with E-state index in [1.807, 2.05) is 13.8 Å². The highest BCUT2D eigenvalue weighted by Gasteiger charge is 2.36. The number of benzene rings is 1. The van der Waals surface area contributed by atoms with Crippen LogP contribution >= 0.6 is 0 Å². The van der Waals surface area contributed by atoms with Crippen molar-refractivity contribution < 1.29 is 18.7 Å². The summed E-state index contributed by atoms with van der Waals surface area (Å²) in [6, 6.07) is 1.69. The maximum Gasteiger partial charge on any atom is 0.338 e. The summed E-state index contributed by atoms with van der Waals surface area (Å²) < 4.78 is 26.7. The van der Waals surface area contributed by atoms with Crippen LogP contribution in [0.4, 0.5) is 14.5 Å². The van der Waals surface area contributed by atoms with Gasteiger partial charge in [-0.2, -0.15) is 0 Å². The molecule has 1 aliphatic rings. The van der Waals surface area contributed by atoms with E-state index < -0.39 is 23.2 Å². The Labute approximate surface area is 97.7 Å². The van der Waals surface area contributed by atoms with Crippen LogP contribution in [0.3, 0.4) is 0 Å². The number of rotatable bonds is 2. The minimum absolute atomic E-state index is 0.0875. The quantitative estimate of drug-likeness (QED) is 0.864. The number of halogens is 2. The lowest BCUT2D eigenvalue weighted by molar-refractivity contribution is 0.0692. The fraction of sp³-hybridized carbons (Fsp3) is 0.417. The zero-order valence-corrected chi connectivity index (χ0v) is 9.63. The number of hydrogen-bond donors (Lipinski definition) is 1. The SMILES string of the molecule is CC1(C)CN(c2cc(C(=O)O)c(F)cc2F)C1. The second-order valence-corrected chi connectivity index (χ2v) is 5.11. The average molecular weight is 241 g/mol. The highest BCUT2D eigenvalue weighted by atomic mass is 19.1. The maximum atomic E-state index is 13.5. The molecule has 0 amide bonds. The van der Waals surface area contributed by atoms with Crippen molar-refractivity contribution in [3.63, 3.8) is 0 Å². The van der Waals surface area contributed by atoms with Crippen molar-refractivity contribution in [3.8, 4) is 0 Å². The summed E-state index contributed by atoms with van der Waals surface area (Å²) in [6.45, 7) is 5.33. The summed E-state index contributed by atoms with van der Waals surface area (Å²) in [5.74, 6) is -3.15.